The van der Waals surface area contributed by atoms with Crippen LogP contribution in [0.1, 0.15) is 83.5 Å². The van der Waals surface area contributed by atoms with Gasteiger partial charge in [0.2, 0.25) is 11.8 Å². The quantitative estimate of drug-likeness (QED) is 0.756. The van der Waals surface area contributed by atoms with Crippen molar-refractivity contribution in [2.24, 2.45) is 11.3 Å². The van der Waals surface area contributed by atoms with Gasteiger partial charge in [-0.2, -0.15) is 0 Å². The van der Waals surface area contributed by atoms with Gasteiger partial charge in [0.1, 0.15) is 0 Å². The number of halogens is 2. The lowest BCUT2D eigenvalue weighted by Crippen LogP contribution is -2.62. The molecule has 1 heterocycles. The standard InChI is InChI=1S/C22H36F2N2O2/c23-22(24)12-10-21(28,11-13-22)16-26-14-20(15-26)8-6-17(7-9-20)19(27)25-18-4-2-1-3-5-18/h17-18,28H,1-16H2,(H,25,27). The number of carbonyl (C=O) groups excluding carboxylic acids is 1. The van der Waals surface area contributed by atoms with Gasteiger partial charge < -0.3 is 10.4 Å². The fourth-order valence-corrected chi connectivity index (χ4v) is 6.04. The Hall–Kier alpha value is -0.750. The van der Waals surface area contributed by atoms with Gasteiger partial charge in [-0.1, -0.05) is 19.3 Å². The Morgan fingerprint density at radius 3 is 2.14 bits per heavy atom. The van der Waals surface area contributed by atoms with Crippen molar-refractivity contribution in [2.45, 2.75) is 101 Å². The molecule has 0 radical (unpaired) electrons. The third-order valence-corrected chi connectivity index (χ3v) is 7.92. The number of rotatable bonds is 4. The van der Waals surface area contributed by atoms with Crippen LogP contribution in [-0.4, -0.2) is 53.1 Å². The molecule has 0 bridgehead atoms. The maximum Gasteiger partial charge on any atom is 0.248 e. The minimum atomic E-state index is -2.60. The lowest BCUT2D eigenvalue weighted by molar-refractivity contribution is -0.139. The Morgan fingerprint density at radius 2 is 1.54 bits per heavy atom. The van der Waals surface area contributed by atoms with Crippen LogP contribution in [0.3, 0.4) is 0 Å². The largest absolute Gasteiger partial charge is 0.389 e. The first-order chi connectivity index (χ1) is 13.3. The first kappa shape index (κ1) is 20.5. The highest BCUT2D eigenvalue weighted by atomic mass is 19.3. The molecule has 3 aliphatic carbocycles. The Morgan fingerprint density at radius 1 is 0.929 bits per heavy atom. The highest BCUT2D eigenvalue weighted by molar-refractivity contribution is 5.79. The van der Waals surface area contributed by atoms with Crippen LogP contribution < -0.4 is 5.32 Å². The molecule has 6 heteroatoms. The Kier molecular flexibility index (Phi) is 5.73. The lowest BCUT2D eigenvalue weighted by atomic mass is 9.65. The first-order valence-corrected chi connectivity index (χ1v) is 11.4. The zero-order chi connectivity index (χ0) is 19.8. The van der Waals surface area contributed by atoms with E-state index in [0.717, 1.165) is 51.6 Å². The molecule has 1 amide bonds. The predicted molar refractivity (Wildman–Crippen MR) is 104 cm³/mol. The van der Waals surface area contributed by atoms with Gasteiger partial charge in [0.15, 0.2) is 0 Å². The normalized spacial score (nSPS) is 30.7. The molecule has 0 unspecified atom stereocenters. The maximum atomic E-state index is 13.4. The van der Waals surface area contributed by atoms with Gasteiger partial charge >= 0.3 is 0 Å². The van der Waals surface area contributed by atoms with Crippen LogP contribution in [0.25, 0.3) is 0 Å². The molecule has 4 rings (SSSR count). The van der Waals surface area contributed by atoms with Crippen molar-refractivity contribution in [2.75, 3.05) is 19.6 Å². The zero-order valence-corrected chi connectivity index (χ0v) is 17.0. The van der Waals surface area contributed by atoms with Crippen molar-refractivity contribution in [3.63, 3.8) is 0 Å². The van der Waals surface area contributed by atoms with Gasteiger partial charge in [-0.25, -0.2) is 8.78 Å². The molecule has 4 aliphatic rings. The number of hydrogen-bond donors (Lipinski definition) is 2. The van der Waals surface area contributed by atoms with E-state index in [1.807, 2.05) is 0 Å². The number of hydrogen-bond acceptors (Lipinski definition) is 3. The van der Waals surface area contributed by atoms with E-state index in [0.29, 0.717) is 12.6 Å². The summed E-state index contributed by atoms with van der Waals surface area (Å²) >= 11 is 0. The Labute approximate surface area is 167 Å². The SMILES string of the molecule is O=C(NC1CCCCC1)C1CCC2(CC1)CN(CC1(O)CCC(F)(F)CC1)C2. The van der Waals surface area contributed by atoms with Crippen LogP contribution in [0.15, 0.2) is 0 Å². The number of nitrogens with zero attached hydrogens (tertiary/aromatic N) is 1. The van der Waals surface area contributed by atoms with Gasteiger partial charge in [-0.05, 0) is 56.8 Å². The van der Waals surface area contributed by atoms with E-state index in [9.17, 15) is 18.7 Å². The second-order valence-electron chi connectivity index (χ2n) is 10.3. The second-order valence-corrected chi connectivity index (χ2v) is 10.3. The van der Waals surface area contributed by atoms with Gasteiger partial charge in [-0.3, -0.25) is 9.69 Å². The summed E-state index contributed by atoms with van der Waals surface area (Å²) in [5, 5.41) is 14.0. The van der Waals surface area contributed by atoms with Gasteiger partial charge in [0, 0.05) is 44.4 Å². The smallest absolute Gasteiger partial charge is 0.248 e. The van der Waals surface area contributed by atoms with Crippen LogP contribution >= 0.6 is 0 Å². The minimum Gasteiger partial charge on any atom is -0.389 e. The monoisotopic (exact) mass is 398 g/mol. The van der Waals surface area contributed by atoms with Crippen LogP contribution in [0.4, 0.5) is 8.78 Å². The average molecular weight is 399 g/mol. The van der Waals surface area contributed by atoms with Crippen molar-refractivity contribution in [1.29, 1.82) is 0 Å². The summed E-state index contributed by atoms with van der Waals surface area (Å²) in [4.78, 5) is 14.8. The molecule has 2 N–H and O–H groups in total. The molecule has 1 aliphatic heterocycles. The summed E-state index contributed by atoms with van der Waals surface area (Å²) in [6, 6.07) is 0.389. The van der Waals surface area contributed by atoms with Crippen LogP contribution in [0.5, 0.6) is 0 Å². The highest BCUT2D eigenvalue weighted by Gasteiger charge is 2.49. The predicted octanol–water partition coefficient (Wildman–Crippen LogP) is 3.87. The summed E-state index contributed by atoms with van der Waals surface area (Å²) in [7, 11) is 0. The van der Waals surface area contributed by atoms with E-state index in [1.165, 1.54) is 19.3 Å². The molecule has 160 valence electrons. The van der Waals surface area contributed by atoms with Crippen molar-refractivity contribution in [1.82, 2.24) is 10.2 Å². The molecule has 0 aromatic heterocycles. The number of aliphatic hydroxyl groups is 1. The van der Waals surface area contributed by atoms with Crippen molar-refractivity contribution < 1.29 is 18.7 Å². The number of β-amino-alcohol motifs (C(OH)–C–C–N with tert-alkyl or cyclic N) is 1. The Bertz CT molecular complexity index is 551. The minimum absolute atomic E-state index is 0.159. The fraction of sp³-hybridized carbons (Fsp3) is 0.955. The fourth-order valence-electron chi connectivity index (χ4n) is 6.04. The van der Waals surface area contributed by atoms with E-state index in [4.69, 9.17) is 0 Å². The molecule has 1 spiro atoms. The van der Waals surface area contributed by atoms with E-state index in [-0.39, 0.29) is 42.9 Å². The van der Waals surface area contributed by atoms with E-state index >= 15 is 0 Å². The molecule has 28 heavy (non-hydrogen) atoms. The topological polar surface area (TPSA) is 52.6 Å². The van der Waals surface area contributed by atoms with Gasteiger partial charge in [0.25, 0.3) is 0 Å². The summed E-state index contributed by atoms with van der Waals surface area (Å²) in [6.45, 7) is 2.42. The maximum absolute atomic E-state index is 13.4. The molecule has 0 atom stereocenters. The number of nitrogens with one attached hydrogen (secondary N) is 1. The summed E-state index contributed by atoms with van der Waals surface area (Å²) < 4.78 is 26.7. The zero-order valence-electron chi connectivity index (χ0n) is 17.0. The molecule has 1 saturated heterocycles. The summed E-state index contributed by atoms with van der Waals surface area (Å²) in [6.07, 6.45) is 10.1. The van der Waals surface area contributed by atoms with Gasteiger partial charge in [0.05, 0.1) is 5.60 Å². The third kappa shape index (κ3) is 4.69. The molecule has 0 aromatic carbocycles. The molecular weight excluding hydrogens is 362 g/mol. The molecule has 3 saturated carbocycles. The Balaban J connectivity index is 1.18. The molecule has 4 fully saturated rings. The van der Waals surface area contributed by atoms with Crippen LogP contribution in [-0.2, 0) is 4.79 Å². The molecule has 4 nitrogen and oxygen atoms in total. The highest BCUT2D eigenvalue weighted by Crippen LogP contribution is 2.47. The van der Waals surface area contributed by atoms with Crippen LogP contribution in [0, 0.1) is 11.3 Å². The van der Waals surface area contributed by atoms with E-state index in [2.05, 4.69) is 10.2 Å². The number of likely N-dealkylation sites (tertiary alicyclic amines) is 1. The number of alkyl halides is 2. The number of amides is 1. The van der Waals surface area contributed by atoms with Crippen molar-refractivity contribution in [3.8, 4) is 0 Å². The second kappa shape index (κ2) is 7.82. The van der Waals surface area contributed by atoms with Gasteiger partial charge in [-0.15, -0.1) is 0 Å². The van der Waals surface area contributed by atoms with E-state index in [1.54, 1.807) is 0 Å². The number of carbonyl (C=O) groups is 1. The summed E-state index contributed by atoms with van der Waals surface area (Å²) in [5.74, 6) is -2.18. The molecule has 0 aromatic rings. The first-order valence-electron chi connectivity index (χ1n) is 11.4. The van der Waals surface area contributed by atoms with Crippen molar-refractivity contribution in [3.05, 3.63) is 0 Å². The van der Waals surface area contributed by atoms with Crippen LogP contribution in [0.2, 0.25) is 0 Å². The average Bonchev–Trinajstić information content (AvgIpc) is 2.65. The van der Waals surface area contributed by atoms with Crippen molar-refractivity contribution >= 4 is 5.91 Å². The summed E-state index contributed by atoms with van der Waals surface area (Å²) in [5.41, 5.74) is -0.656. The van der Waals surface area contributed by atoms with E-state index < -0.39 is 11.5 Å². The molecular formula is C22H36F2N2O2. The lowest BCUT2D eigenvalue weighted by Gasteiger charge is -2.55. The third-order valence-electron chi connectivity index (χ3n) is 7.92.